The summed E-state index contributed by atoms with van der Waals surface area (Å²) in [6.45, 7) is 3.44. The minimum atomic E-state index is -0.632. The number of rotatable bonds is 6. The van der Waals surface area contributed by atoms with Gasteiger partial charge in [-0.05, 0) is 19.8 Å². The van der Waals surface area contributed by atoms with Crippen LogP contribution in [0.4, 0.5) is 5.69 Å². The molecule has 8 nitrogen and oxygen atoms in total. The molecule has 0 saturated carbocycles. The van der Waals surface area contributed by atoms with E-state index in [2.05, 4.69) is 10.4 Å². The quantitative estimate of drug-likeness (QED) is 0.575. The lowest BCUT2D eigenvalue weighted by atomic mass is 10.0. The van der Waals surface area contributed by atoms with Crippen molar-refractivity contribution >= 4 is 5.69 Å². The first-order chi connectivity index (χ1) is 9.54. The third-order valence-electron chi connectivity index (χ3n) is 3.36. The molecule has 1 aromatic heterocycles. The van der Waals surface area contributed by atoms with Gasteiger partial charge in [-0.1, -0.05) is 0 Å². The number of aliphatic hydroxyl groups is 1. The van der Waals surface area contributed by atoms with Crippen LogP contribution in [0.3, 0.4) is 0 Å². The van der Waals surface area contributed by atoms with Crippen molar-refractivity contribution in [3.63, 3.8) is 0 Å². The Morgan fingerprint density at radius 2 is 2.55 bits per heavy atom. The van der Waals surface area contributed by atoms with Crippen molar-refractivity contribution in [2.24, 2.45) is 0 Å². The topological polar surface area (TPSA) is 102 Å². The zero-order valence-corrected chi connectivity index (χ0v) is 11.4. The highest BCUT2D eigenvalue weighted by molar-refractivity contribution is 5.20. The molecule has 1 fully saturated rings. The molecule has 1 aliphatic rings. The number of nitro groups is 1. The van der Waals surface area contributed by atoms with E-state index < -0.39 is 11.0 Å². The van der Waals surface area contributed by atoms with E-state index in [4.69, 9.17) is 4.74 Å². The van der Waals surface area contributed by atoms with Gasteiger partial charge in [0.15, 0.2) is 0 Å². The Balaban J connectivity index is 1.74. The van der Waals surface area contributed by atoms with Gasteiger partial charge in [0.05, 0.1) is 23.7 Å². The number of nitrogens with one attached hydrogen (secondary N) is 1. The van der Waals surface area contributed by atoms with Crippen LogP contribution in [0.1, 0.15) is 19.8 Å². The van der Waals surface area contributed by atoms with Crippen LogP contribution in [0.2, 0.25) is 0 Å². The van der Waals surface area contributed by atoms with Crippen LogP contribution in [0.25, 0.3) is 0 Å². The van der Waals surface area contributed by atoms with Gasteiger partial charge in [-0.25, -0.2) is 0 Å². The highest BCUT2D eigenvalue weighted by Crippen LogP contribution is 2.13. The third kappa shape index (κ3) is 4.26. The molecule has 20 heavy (non-hydrogen) atoms. The van der Waals surface area contributed by atoms with E-state index in [-0.39, 0.29) is 18.3 Å². The first-order valence-electron chi connectivity index (χ1n) is 6.74. The van der Waals surface area contributed by atoms with E-state index in [1.165, 1.54) is 17.1 Å². The van der Waals surface area contributed by atoms with Crippen LogP contribution in [-0.4, -0.2) is 51.2 Å². The molecule has 2 heterocycles. The summed E-state index contributed by atoms with van der Waals surface area (Å²) in [7, 11) is 0. The number of nitrogens with zero attached hydrogens (tertiary/aromatic N) is 3. The van der Waals surface area contributed by atoms with Crippen LogP contribution in [0, 0.1) is 10.1 Å². The van der Waals surface area contributed by atoms with Gasteiger partial charge in [-0.2, -0.15) is 5.10 Å². The summed E-state index contributed by atoms with van der Waals surface area (Å²) < 4.78 is 6.84. The molecule has 0 aromatic carbocycles. The van der Waals surface area contributed by atoms with Gasteiger partial charge >= 0.3 is 5.69 Å². The smallest absolute Gasteiger partial charge is 0.306 e. The molecule has 2 N–H and O–H groups in total. The molecule has 8 heteroatoms. The zero-order valence-electron chi connectivity index (χ0n) is 11.4. The predicted molar refractivity (Wildman–Crippen MR) is 71.3 cm³/mol. The Morgan fingerprint density at radius 3 is 3.20 bits per heavy atom. The fourth-order valence-electron chi connectivity index (χ4n) is 2.31. The second-order valence-electron chi connectivity index (χ2n) is 5.14. The molecule has 1 aliphatic heterocycles. The summed E-state index contributed by atoms with van der Waals surface area (Å²) >= 11 is 0. The minimum Gasteiger partial charge on any atom is -0.390 e. The third-order valence-corrected chi connectivity index (χ3v) is 3.36. The maximum atomic E-state index is 10.5. The average molecular weight is 284 g/mol. The van der Waals surface area contributed by atoms with Gasteiger partial charge < -0.3 is 15.2 Å². The molecule has 0 radical (unpaired) electrons. The molecule has 2 rings (SSSR count). The summed E-state index contributed by atoms with van der Waals surface area (Å²) in [5, 5.41) is 27.6. The fraction of sp³-hybridized carbons (Fsp3) is 0.750. The zero-order chi connectivity index (χ0) is 14.5. The van der Waals surface area contributed by atoms with Gasteiger partial charge in [0.25, 0.3) is 0 Å². The van der Waals surface area contributed by atoms with Gasteiger partial charge in [0.2, 0.25) is 0 Å². The maximum Gasteiger partial charge on any atom is 0.306 e. The van der Waals surface area contributed by atoms with E-state index in [0.717, 1.165) is 19.4 Å². The lowest BCUT2D eigenvalue weighted by Gasteiger charge is -2.28. The van der Waals surface area contributed by atoms with Crippen LogP contribution >= 0.6 is 0 Å². The van der Waals surface area contributed by atoms with Crippen molar-refractivity contribution in [1.29, 1.82) is 0 Å². The summed E-state index contributed by atoms with van der Waals surface area (Å²) in [4.78, 5) is 10.0. The molecule has 0 amide bonds. The van der Waals surface area contributed by atoms with Crippen molar-refractivity contribution in [2.75, 3.05) is 13.2 Å². The van der Waals surface area contributed by atoms with Crippen LogP contribution in [0.5, 0.6) is 0 Å². The molecule has 3 unspecified atom stereocenters. The number of aromatic nitrogens is 2. The number of aliphatic hydroxyl groups excluding tert-OH is 1. The highest BCUT2D eigenvalue weighted by Gasteiger charge is 2.20. The second kappa shape index (κ2) is 6.78. The fourth-order valence-corrected chi connectivity index (χ4v) is 2.31. The van der Waals surface area contributed by atoms with Crippen LogP contribution in [0.15, 0.2) is 12.4 Å². The molecule has 0 bridgehead atoms. The molecule has 1 saturated heterocycles. The van der Waals surface area contributed by atoms with E-state index in [9.17, 15) is 15.2 Å². The Kier molecular flexibility index (Phi) is 5.05. The standard InChI is InChI=1S/C12H20N4O4/c1-9-4-10(2-3-20-9)13-6-12(17)8-15-7-11(5-14-15)16(18)19/h5,7,9-10,12-13,17H,2-4,6,8H2,1H3. The molecule has 112 valence electrons. The average Bonchev–Trinajstić information content (AvgIpc) is 2.85. The number of hydrogen-bond acceptors (Lipinski definition) is 6. The maximum absolute atomic E-state index is 10.5. The number of hydrogen-bond donors (Lipinski definition) is 2. The lowest BCUT2D eigenvalue weighted by molar-refractivity contribution is -0.385. The summed E-state index contributed by atoms with van der Waals surface area (Å²) in [6.07, 6.45) is 3.98. The lowest BCUT2D eigenvalue weighted by Crippen LogP contribution is -2.42. The first-order valence-corrected chi connectivity index (χ1v) is 6.74. The van der Waals surface area contributed by atoms with Gasteiger partial charge in [0.1, 0.15) is 12.4 Å². The van der Waals surface area contributed by atoms with Crippen LogP contribution < -0.4 is 5.32 Å². The molecule has 1 aromatic rings. The SMILES string of the molecule is CC1CC(NCC(O)Cn2cc([N+](=O)[O-])cn2)CCO1. The number of ether oxygens (including phenoxy) is 1. The Labute approximate surface area is 116 Å². The molecule has 0 spiro atoms. The van der Waals surface area contributed by atoms with E-state index >= 15 is 0 Å². The van der Waals surface area contributed by atoms with Gasteiger partial charge in [0, 0.05) is 19.2 Å². The van der Waals surface area contributed by atoms with E-state index in [0.29, 0.717) is 12.6 Å². The van der Waals surface area contributed by atoms with E-state index in [1.807, 2.05) is 6.92 Å². The van der Waals surface area contributed by atoms with Gasteiger partial charge in [-0.3, -0.25) is 14.8 Å². The van der Waals surface area contributed by atoms with Crippen molar-refractivity contribution < 1.29 is 14.8 Å². The molecular weight excluding hydrogens is 264 g/mol. The summed E-state index contributed by atoms with van der Waals surface area (Å²) in [5.74, 6) is 0. The van der Waals surface area contributed by atoms with Crippen molar-refractivity contribution in [2.45, 2.75) is 44.6 Å². The molecule has 3 atom stereocenters. The predicted octanol–water partition coefficient (Wildman–Crippen LogP) is 0.309. The highest BCUT2D eigenvalue weighted by atomic mass is 16.6. The van der Waals surface area contributed by atoms with E-state index in [1.54, 1.807) is 0 Å². The van der Waals surface area contributed by atoms with Crippen molar-refractivity contribution in [3.8, 4) is 0 Å². The Morgan fingerprint density at radius 1 is 1.75 bits per heavy atom. The van der Waals surface area contributed by atoms with Crippen molar-refractivity contribution in [3.05, 3.63) is 22.5 Å². The Bertz CT molecular complexity index is 450. The molecule has 0 aliphatic carbocycles. The normalized spacial score (nSPS) is 24.5. The van der Waals surface area contributed by atoms with Gasteiger partial charge in [-0.15, -0.1) is 0 Å². The second-order valence-corrected chi connectivity index (χ2v) is 5.14. The Hall–Kier alpha value is -1.51. The largest absolute Gasteiger partial charge is 0.390 e. The van der Waals surface area contributed by atoms with Crippen LogP contribution in [-0.2, 0) is 11.3 Å². The minimum absolute atomic E-state index is 0.0663. The summed E-state index contributed by atoms with van der Waals surface area (Å²) in [6, 6.07) is 0.348. The monoisotopic (exact) mass is 284 g/mol. The molecular formula is C12H20N4O4. The summed E-state index contributed by atoms with van der Waals surface area (Å²) in [5.41, 5.74) is -0.0663. The van der Waals surface area contributed by atoms with Crippen molar-refractivity contribution in [1.82, 2.24) is 15.1 Å². The first kappa shape index (κ1) is 14.9.